The predicted molar refractivity (Wildman–Crippen MR) is 81.7 cm³/mol. The quantitative estimate of drug-likeness (QED) is 0.934. The molecule has 1 aliphatic rings. The van der Waals surface area contributed by atoms with Crippen molar-refractivity contribution in [2.75, 3.05) is 13.7 Å². The van der Waals surface area contributed by atoms with Crippen molar-refractivity contribution in [3.05, 3.63) is 52.3 Å². The molecular weight excluding hydrogens is 272 g/mol. The van der Waals surface area contributed by atoms with Crippen LogP contribution in [-0.2, 0) is 13.0 Å². The Bertz CT molecular complexity index is 621. The second kappa shape index (κ2) is 5.51. The lowest BCUT2D eigenvalue weighted by Gasteiger charge is -2.10. The van der Waals surface area contributed by atoms with E-state index in [1.165, 1.54) is 11.1 Å². The zero-order chi connectivity index (χ0) is 14.1. The van der Waals surface area contributed by atoms with Crippen LogP contribution in [0.15, 0.2) is 30.6 Å². The van der Waals surface area contributed by atoms with Crippen molar-refractivity contribution in [2.24, 2.45) is 0 Å². The lowest BCUT2D eigenvalue weighted by molar-refractivity contribution is 0.352. The Morgan fingerprint density at radius 2 is 2.30 bits per heavy atom. The van der Waals surface area contributed by atoms with Gasteiger partial charge in [-0.1, -0.05) is 11.6 Å². The molecule has 1 aromatic heterocycles. The minimum atomic E-state index is 0.359. The van der Waals surface area contributed by atoms with Crippen molar-refractivity contribution in [3.8, 4) is 5.75 Å². The highest BCUT2D eigenvalue weighted by molar-refractivity contribution is 6.30. The third-order valence-corrected chi connectivity index (χ3v) is 4.10. The summed E-state index contributed by atoms with van der Waals surface area (Å²) in [5, 5.41) is 4.04. The summed E-state index contributed by atoms with van der Waals surface area (Å²) in [4.78, 5) is 0. The van der Waals surface area contributed by atoms with Gasteiger partial charge in [-0.3, -0.25) is 0 Å². The summed E-state index contributed by atoms with van der Waals surface area (Å²) in [7, 11) is 1.97. The maximum absolute atomic E-state index is 6.20. The van der Waals surface area contributed by atoms with Crippen LogP contribution in [0.4, 0.5) is 0 Å². The van der Waals surface area contributed by atoms with Crippen LogP contribution in [-0.4, -0.2) is 18.2 Å². The van der Waals surface area contributed by atoms with E-state index in [0.717, 1.165) is 35.9 Å². The molecule has 1 atom stereocenters. The molecule has 0 saturated carbocycles. The predicted octanol–water partition coefficient (Wildman–Crippen LogP) is 3.41. The first-order valence-corrected chi connectivity index (χ1v) is 7.32. The van der Waals surface area contributed by atoms with Gasteiger partial charge < -0.3 is 14.6 Å². The number of nitrogens with one attached hydrogen (secondary N) is 1. The van der Waals surface area contributed by atoms with Crippen molar-refractivity contribution >= 4 is 11.6 Å². The van der Waals surface area contributed by atoms with Crippen molar-refractivity contribution in [1.82, 2.24) is 9.88 Å². The van der Waals surface area contributed by atoms with E-state index in [-0.39, 0.29) is 0 Å². The van der Waals surface area contributed by atoms with Crippen LogP contribution in [0.5, 0.6) is 5.75 Å². The number of nitrogens with zero attached hydrogens (tertiary/aromatic N) is 1. The number of fused-ring (bicyclic) bond motifs is 1. The van der Waals surface area contributed by atoms with Crippen molar-refractivity contribution < 1.29 is 4.74 Å². The number of aromatic nitrogens is 1. The number of halogens is 1. The summed E-state index contributed by atoms with van der Waals surface area (Å²) in [6.07, 6.45) is 5.23. The summed E-state index contributed by atoms with van der Waals surface area (Å²) >= 11 is 6.20. The number of benzene rings is 1. The van der Waals surface area contributed by atoms with Crippen LogP contribution >= 0.6 is 11.6 Å². The minimum Gasteiger partial charge on any atom is -0.493 e. The topological polar surface area (TPSA) is 26.2 Å². The molecule has 1 unspecified atom stereocenters. The Labute approximate surface area is 124 Å². The van der Waals surface area contributed by atoms with Crippen molar-refractivity contribution in [1.29, 1.82) is 0 Å². The molecule has 2 heterocycles. The van der Waals surface area contributed by atoms with E-state index in [9.17, 15) is 0 Å². The van der Waals surface area contributed by atoms with E-state index in [2.05, 4.69) is 35.3 Å². The lowest BCUT2D eigenvalue weighted by Crippen LogP contribution is -2.11. The fourth-order valence-corrected chi connectivity index (χ4v) is 2.90. The first-order chi connectivity index (χ1) is 9.67. The molecule has 106 valence electrons. The summed E-state index contributed by atoms with van der Waals surface area (Å²) in [6, 6.07) is 6.52. The molecule has 0 amide bonds. The zero-order valence-corrected chi connectivity index (χ0v) is 12.6. The zero-order valence-electron chi connectivity index (χ0n) is 11.8. The number of hydrogen-bond acceptors (Lipinski definition) is 2. The average molecular weight is 291 g/mol. The fraction of sp³-hybridized carbons (Fsp3) is 0.375. The second-order valence-corrected chi connectivity index (χ2v) is 5.72. The molecule has 1 N–H and O–H groups in total. The molecule has 0 radical (unpaired) electrons. The van der Waals surface area contributed by atoms with Crippen LogP contribution in [0.2, 0.25) is 5.02 Å². The normalized spacial score (nSPS) is 14.9. The van der Waals surface area contributed by atoms with Gasteiger partial charge in [-0.2, -0.15) is 0 Å². The van der Waals surface area contributed by atoms with Gasteiger partial charge in [0.05, 0.1) is 13.2 Å². The van der Waals surface area contributed by atoms with Gasteiger partial charge in [0.15, 0.2) is 0 Å². The standard InChI is InChI=1S/C16H19ClN2O/c1-11(18-2)13-3-5-19(9-13)10-14-8-15(17)7-12-4-6-20-16(12)14/h3,5,7-9,11,18H,4,6,10H2,1-2H3. The maximum Gasteiger partial charge on any atom is 0.127 e. The van der Waals surface area contributed by atoms with Crippen molar-refractivity contribution in [2.45, 2.75) is 25.9 Å². The summed E-state index contributed by atoms with van der Waals surface area (Å²) in [5.74, 6) is 1.02. The molecule has 0 spiro atoms. The van der Waals surface area contributed by atoms with Gasteiger partial charge in [-0.15, -0.1) is 0 Å². The van der Waals surface area contributed by atoms with Gasteiger partial charge in [0.1, 0.15) is 5.75 Å². The Kier molecular flexibility index (Phi) is 3.72. The summed E-state index contributed by atoms with van der Waals surface area (Å²) < 4.78 is 7.93. The molecule has 1 aromatic carbocycles. The van der Waals surface area contributed by atoms with E-state index in [1.54, 1.807) is 0 Å². The van der Waals surface area contributed by atoms with E-state index < -0.39 is 0 Å². The van der Waals surface area contributed by atoms with Gasteiger partial charge in [-0.05, 0) is 43.3 Å². The van der Waals surface area contributed by atoms with E-state index in [0.29, 0.717) is 6.04 Å². The Hall–Kier alpha value is -1.45. The molecule has 0 aliphatic carbocycles. The molecule has 20 heavy (non-hydrogen) atoms. The Balaban J connectivity index is 1.86. The van der Waals surface area contributed by atoms with Gasteiger partial charge >= 0.3 is 0 Å². The number of ether oxygens (including phenoxy) is 1. The van der Waals surface area contributed by atoms with E-state index >= 15 is 0 Å². The molecule has 0 fully saturated rings. The van der Waals surface area contributed by atoms with Crippen LogP contribution in [0.1, 0.15) is 29.7 Å². The smallest absolute Gasteiger partial charge is 0.127 e. The van der Waals surface area contributed by atoms with Crippen molar-refractivity contribution in [3.63, 3.8) is 0 Å². The molecule has 3 rings (SSSR count). The molecule has 0 bridgehead atoms. The third-order valence-electron chi connectivity index (χ3n) is 3.88. The highest BCUT2D eigenvalue weighted by atomic mass is 35.5. The molecule has 2 aromatic rings. The largest absolute Gasteiger partial charge is 0.493 e. The van der Waals surface area contributed by atoms with Crippen LogP contribution in [0.3, 0.4) is 0 Å². The monoisotopic (exact) mass is 290 g/mol. The molecule has 3 nitrogen and oxygen atoms in total. The highest BCUT2D eigenvalue weighted by Gasteiger charge is 2.17. The molecule has 1 aliphatic heterocycles. The van der Waals surface area contributed by atoms with Gasteiger partial charge in [-0.25, -0.2) is 0 Å². The average Bonchev–Trinajstić information content (AvgIpc) is 3.06. The molecular formula is C16H19ClN2O. The number of rotatable bonds is 4. The van der Waals surface area contributed by atoms with Gasteiger partial charge in [0.2, 0.25) is 0 Å². The van der Waals surface area contributed by atoms with Crippen LogP contribution in [0.25, 0.3) is 0 Å². The maximum atomic E-state index is 6.20. The van der Waals surface area contributed by atoms with E-state index in [4.69, 9.17) is 16.3 Å². The second-order valence-electron chi connectivity index (χ2n) is 5.28. The SMILES string of the molecule is CNC(C)c1ccn(Cc2cc(Cl)cc3c2OCC3)c1. The minimum absolute atomic E-state index is 0.359. The molecule has 4 heteroatoms. The highest BCUT2D eigenvalue weighted by Crippen LogP contribution is 2.33. The fourth-order valence-electron chi connectivity index (χ4n) is 2.64. The Morgan fingerprint density at radius 1 is 1.45 bits per heavy atom. The summed E-state index contributed by atoms with van der Waals surface area (Å²) in [6.45, 7) is 3.70. The Morgan fingerprint density at radius 3 is 3.10 bits per heavy atom. The van der Waals surface area contributed by atoms with Gasteiger partial charge in [0.25, 0.3) is 0 Å². The third kappa shape index (κ3) is 2.56. The molecule has 0 saturated heterocycles. The lowest BCUT2D eigenvalue weighted by atomic mass is 10.1. The van der Waals surface area contributed by atoms with Crippen LogP contribution < -0.4 is 10.1 Å². The first-order valence-electron chi connectivity index (χ1n) is 6.94. The van der Waals surface area contributed by atoms with Crippen LogP contribution in [0, 0.1) is 0 Å². The summed E-state index contributed by atoms with van der Waals surface area (Å²) in [5.41, 5.74) is 3.67. The first kappa shape index (κ1) is 13.5. The number of hydrogen-bond donors (Lipinski definition) is 1. The van der Waals surface area contributed by atoms with Gasteiger partial charge in [0, 0.05) is 35.4 Å². The van der Waals surface area contributed by atoms with E-state index in [1.807, 2.05) is 19.2 Å².